The maximum Gasteiger partial charge on any atom is 0.414 e. The molecule has 0 bridgehead atoms. The van der Waals surface area contributed by atoms with Crippen LogP contribution >= 0.6 is 0 Å². The summed E-state index contributed by atoms with van der Waals surface area (Å²) in [5.41, 5.74) is 1.18. The molecule has 0 radical (unpaired) electrons. The molecule has 1 amide bonds. The van der Waals surface area contributed by atoms with Crippen molar-refractivity contribution in [1.82, 2.24) is 14.7 Å². The Hall–Kier alpha value is -1.57. The molecule has 21 heavy (non-hydrogen) atoms. The van der Waals surface area contributed by atoms with Crippen molar-refractivity contribution in [1.29, 1.82) is 0 Å². The number of hydrogen-bond donors (Lipinski definition) is 1. The molecule has 1 aromatic rings. The first-order chi connectivity index (χ1) is 9.71. The molecule has 0 spiro atoms. The predicted octanol–water partition coefficient (Wildman–Crippen LogP) is 1.50. The second-order valence-electron chi connectivity index (χ2n) is 5.38. The van der Waals surface area contributed by atoms with Gasteiger partial charge in [0.2, 0.25) is 0 Å². The van der Waals surface area contributed by atoms with Crippen LogP contribution in [0.1, 0.15) is 28.9 Å². The molecular formula is C13H18F3N3O2. The zero-order valence-corrected chi connectivity index (χ0v) is 11.9. The highest BCUT2D eigenvalue weighted by atomic mass is 19.4. The lowest BCUT2D eigenvalue weighted by molar-refractivity contribution is -0.222. The summed E-state index contributed by atoms with van der Waals surface area (Å²) < 4.78 is 39.0. The number of aliphatic hydroxyl groups is 1. The van der Waals surface area contributed by atoms with Gasteiger partial charge in [-0.15, -0.1) is 0 Å². The Morgan fingerprint density at radius 3 is 2.43 bits per heavy atom. The maximum absolute atomic E-state index is 12.5. The van der Waals surface area contributed by atoms with E-state index in [0.29, 0.717) is 5.56 Å². The Morgan fingerprint density at radius 1 is 1.43 bits per heavy atom. The van der Waals surface area contributed by atoms with Crippen molar-refractivity contribution < 1.29 is 23.1 Å². The first-order valence-corrected chi connectivity index (χ1v) is 6.74. The highest BCUT2D eigenvalue weighted by Gasteiger charge is 2.44. The normalized spacial score (nSPS) is 18.9. The van der Waals surface area contributed by atoms with Gasteiger partial charge >= 0.3 is 6.18 Å². The van der Waals surface area contributed by atoms with Crippen LogP contribution in [0, 0.1) is 12.8 Å². The van der Waals surface area contributed by atoms with Crippen molar-refractivity contribution in [3.63, 3.8) is 0 Å². The summed E-state index contributed by atoms with van der Waals surface area (Å²) in [5.74, 6) is -1.07. The summed E-state index contributed by atoms with van der Waals surface area (Å²) in [5, 5.41) is 13.2. The minimum Gasteiger partial charge on any atom is -0.383 e. The molecule has 0 aliphatic carbocycles. The first-order valence-electron chi connectivity index (χ1n) is 6.74. The van der Waals surface area contributed by atoms with Gasteiger partial charge in [-0.2, -0.15) is 18.3 Å². The molecule has 118 valence electrons. The van der Waals surface area contributed by atoms with Gasteiger partial charge in [0.15, 0.2) is 6.10 Å². The molecule has 5 nitrogen and oxygen atoms in total. The van der Waals surface area contributed by atoms with Crippen LogP contribution in [0.5, 0.6) is 0 Å². The second kappa shape index (κ2) is 5.67. The van der Waals surface area contributed by atoms with Gasteiger partial charge in [-0.05, 0) is 25.7 Å². The SMILES string of the molecule is Cc1c(C(=O)N2CCC(C(O)C(F)(F)F)CC2)cnn1C. The van der Waals surface area contributed by atoms with Gasteiger partial charge in [-0.3, -0.25) is 9.48 Å². The number of carbonyl (C=O) groups is 1. The fraction of sp³-hybridized carbons (Fsp3) is 0.692. The monoisotopic (exact) mass is 305 g/mol. The highest BCUT2D eigenvalue weighted by Crippen LogP contribution is 2.32. The van der Waals surface area contributed by atoms with Crippen LogP contribution in [0.2, 0.25) is 0 Å². The largest absolute Gasteiger partial charge is 0.414 e. The first kappa shape index (κ1) is 15.8. The van der Waals surface area contributed by atoms with E-state index < -0.39 is 18.2 Å². The lowest BCUT2D eigenvalue weighted by Crippen LogP contribution is -2.45. The minimum absolute atomic E-state index is 0.145. The van der Waals surface area contributed by atoms with E-state index in [1.54, 1.807) is 18.7 Å². The lowest BCUT2D eigenvalue weighted by Gasteiger charge is -2.34. The van der Waals surface area contributed by atoms with E-state index in [-0.39, 0.29) is 31.8 Å². The number of aryl methyl sites for hydroxylation is 1. The lowest BCUT2D eigenvalue weighted by atomic mass is 9.90. The topological polar surface area (TPSA) is 58.4 Å². The molecule has 1 saturated heterocycles. The molecule has 1 aliphatic rings. The molecular weight excluding hydrogens is 287 g/mol. The average Bonchev–Trinajstić information content (AvgIpc) is 2.77. The van der Waals surface area contributed by atoms with Crippen molar-refractivity contribution in [3.05, 3.63) is 17.5 Å². The summed E-state index contributed by atoms with van der Waals surface area (Å²) in [4.78, 5) is 13.8. The summed E-state index contributed by atoms with van der Waals surface area (Å²) >= 11 is 0. The van der Waals surface area contributed by atoms with Crippen molar-refractivity contribution >= 4 is 5.91 Å². The number of piperidine rings is 1. The van der Waals surface area contributed by atoms with Gasteiger partial charge in [-0.1, -0.05) is 0 Å². The number of halogens is 3. The summed E-state index contributed by atoms with van der Waals surface area (Å²) in [7, 11) is 1.72. The number of rotatable bonds is 2. The molecule has 1 N–H and O–H groups in total. The highest BCUT2D eigenvalue weighted by molar-refractivity contribution is 5.95. The third-order valence-electron chi connectivity index (χ3n) is 4.07. The summed E-state index contributed by atoms with van der Waals surface area (Å²) in [6.45, 7) is 2.19. The van der Waals surface area contributed by atoms with Crippen LogP contribution in [0.3, 0.4) is 0 Å². The third-order valence-corrected chi connectivity index (χ3v) is 4.07. The number of aliphatic hydroxyl groups excluding tert-OH is 1. The van der Waals surface area contributed by atoms with Crippen molar-refractivity contribution in [2.45, 2.75) is 32.0 Å². The molecule has 0 saturated carbocycles. The number of hydrogen-bond acceptors (Lipinski definition) is 3. The number of amides is 1. The van der Waals surface area contributed by atoms with E-state index in [1.165, 1.54) is 11.1 Å². The predicted molar refractivity (Wildman–Crippen MR) is 68.6 cm³/mol. The zero-order chi connectivity index (χ0) is 15.8. The van der Waals surface area contributed by atoms with Crippen molar-refractivity contribution in [2.75, 3.05) is 13.1 Å². The molecule has 0 aromatic carbocycles. The third kappa shape index (κ3) is 3.20. The fourth-order valence-electron chi connectivity index (χ4n) is 2.56. The van der Waals surface area contributed by atoms with E-state index in [1.807, 2.05) is 0 Å². The number of nitrogens with zero attached hydrogens (tertiary/aromatic N) is 3. The van der Waals surface area contributed by atoms with Crippen LogP contribution < -0.4 is 0 Å². The van der Waals surface area contributed by atoms with Crippen LogP contribution in [0.4, 0.5) is 13.2 Å². The Kier molecular flexibility index (Phi) is 4.27. The molecule has 1 fully saturated rings. The fourth-order valence-corrected chi connectivity index (χ4v) is 2.56. The van der Waals surface area contributed by atoms with Crippen molar-refractivity contribution in [2.24, 2.45) is 13.0 Å². The van der Waals surface area contributed by atoms with E-state index in [9.17, 15) is 23.1 Å². The van der Waals surface area contributed by atoms with Crippen LogP contribution in [0.25, 0.3) is 0 Å². The summed E-state index contributed by atoms with van der Waals surface area (Å²) in [6, 6.07) is 0. The van der Waals surface area contributed by atoms with Gasteiger partial charge in [-0.25, -0.2) is 0 Å². The van der Waals surface area contributed by atoms with Crippen LogP contribution in [-0.2, 0) is 7.05 Å². The van der Waals surface area contributed by atoms with Crippen LogP contribution in [-0.4, -0.2) is 51.1 Å². The van der Waals surface area contributed by atoms with E-state index in [2.05, 4.69) is 5.10 Å². The van der Waals surface area contributed by atoms with E-state index >= 15 is 0 Å². The van der Waals surface area contributed by atoms with Gasteiger partial charge < -0.3 is 10.0 Å². The average molecular weight is 305 g/mol. The van der Waals surface area contributed by atoms with Crippen LogP contribution in [0.15, 0.2) is 6.20 Å². The number of alkyl halides is 3. The maximum atomic E-state index is 12.5. The Bertz CT molecular complexity index is 519. The van der Waals surface area contributed by atoms with Gasteiger partial charge in [0.25, 0.3) is 5.91 Å². The number of carbonyl (C=O) groups excluding carboxylic acids is 1. The number of aromatic nitrogens is 2. The van der Waals surface area contributed by atoms with Gasteiger partial charge in [0.05, 0.1) is 11.8 Å². The second-order valence-corrected chi connectivity index (χ2v) is 5.38. The minimum atomic E-state index is -4.60. The van der Waals surface area contributed by atoms with E-state index in [4.69, 9.17) is 0 Å². The smallest absolute Gasteiger partial charge is 0.383 e. The molecule has 8 heteroatoms. The Morgan fingerprint density at radius 2 is 2.00 bits per heavy atom. The molecule has 2 heterocycles. The summed E-state index contributed by atoms with van der Waals surface area (Å²) in [6.07, 6.45) is -5.15. The molecule has 2 rings (SSSR count). The quantitative estimate of drug-likeness (QED) is 0.901. The number of likely N-dealkylation sites (tertiary alicyclic amines) is 1. The van der Waals surface area contributed by atoms with Gasteiger partial charge in [0.1, 0.15) is 0 Å². The molecule has 1 unspecified atom stereocenters. The molecule has 1 atom stereocenters. The Labute approximate surface area is 120 Å². The molecule has 1 aromatic heterocycles. The standard InChI is InChI=1S/C13H18F3N3O2/c1-8-10(7-17-18(8)2)12(21)19-5-3-9(4-6-19)11(20)13(14,15)16/h7,9,11,20H,3-6H2,1-2H3. The van der Waals surface area contributed by atoms with Crippen molar-refractivity contribution in [3.8, 4) is 0 Å². The zero-order valence-electron chi connectivity index (χ0n) is 11.9. The molecule has 1 aliphatic heterocycles. The van der Waals surface area contributed by atoms with E-state index in [0.717, 1.165) is 5.69 Å². The van der Waals surface area contributed by atoms with Gasteiger partial charge in [0, 0.05) is 25.8 Å². The Balaban J connectivity index is 1.98.